The van der Waals surface area contributed by atoms with Crippen molar-refractivity contribution in [3.63, 3.8) is 0 Å². The van der Waals surface area contributed by atoms with Gasteiger partial charge in [0.2, 0.25) is 0 Å². The summed E-state index contributed by atoms with van der Waals surface area (Å²) in [5, 5.41) is 7.06. The van der Waals surface area contributed by atoms with Gasteiger partial charge in [0.05, 0.1) is 33.5 Å². The number of nitrogens with one attached hydrogen (secondary N) is 2. The van der Waals surface area contributed by atoms with E-state index in [0.717, 1.165) is 63.3 Å². The number of halogens is 1. The molecule has 1 aliphatic rings. The van der Waals surface area contributed by atoms with Crippen molar-refractivity contribution < 1.29 is 14.2 Å². The summed E-state index contributed by atoms with van der Waals surface area (Å²) >= 11 is 0. The number of hydrogen-bond donors (Lipinski definition) is 2. The first-order valence-corrected chi connectivity index (χ1v) is 11.5. The highest BCUT2D eigenvalue weighted by molar-refractivity contribution is 14.0. The largest absolute Gasteiger partial charge is 0.493 e. The molecule has 2 N–H and O–H groups in total. The van der Waals surface area contributed by atoms with Gasteiger partial charge in [0.25, 0.3) is 0 Å². The summed E-state index contributed by atoms with van der Waals surface area (Å²) in [4.78, 5) is 9.19. The molecule has 1 fully saturated rings. The van der Waals surface area contributed by atoms with Gasteiger partial charge in [-0.2, -0.15) is 0 Å². The van der Waals surface area contributed by atoms with Crippen molar-refractivity contribution in [1.29, 1.82) is 0 Å². The van der Waals surface area contributed by atoms with Crippen LogP contribution < -0.4 is 20.1 Å². The molecule has 1 aromatic rings. The molecule has 33 heavy (non-hydrogen) atoms. The zero-order valence-electron chi connectivity index (χ0n) is 21.4. The molecule has 8 nitrogen and oxygen atoms in total. The highest BCUT2D eigenvalue weighted by Gasteiger charge is 2.24. The number of aliphatic imine (C=N–C) groups is 1. The quantitative estimate of drug-likeness (QED) is 0.238. The van der Waals surface area contributed by atoms with Gasteiger partial charge in [-0.15, -0.1) is 24.0 Å². The van der Waals surface area contributed by atoms with E-state index in [0.29, 0.717) is 12.0 Å². The number of morpholine rings is 1. The van der Waals surface area contributed by atoms with Gasteiger partial charge in [-0.05, 0) is 44.1 Å². The van der Waals surface area contributed by atoms with Gasteiger partial charge in [-0.25, -0.2) is 0 Å². The lowest BCUT2D eigenvalue weighted by atomic mass is 10.0. The van der Waals surface area contributed by atoms with Gasteiger partial charge in [0, 0.05) is 39.3 Å². The predicted molar refractivity (Wildman–Crippen MR) is 146 cm³/mol. The normalized spacial score (nSPS) is 16.8. The lowest BCUT2D eigenvalue weighted by Gasteiger charge is -2.35. The summed E-state index contributed by atoms with van der Waals surface area (Å²) in [5.41, 5.74) is 1.18. The monoisotopic (exact) mass is 577 g/mol. The Bertz CT molecular complexity index is 711. The third kappa shape index (κ3) is 9.46. The summed E-state index contributed by atoms with van der Waals surface area (Å²) in [6, 6.07) is 6.78. The summed E-state index contributed by atoms with van der Waals surface area (Å²) in [5.74, 6) is 2.95. The Kier molecular flexibility index (Phi) is 14.0. The van der Waals surface area contributed by atoms with Crippen LogP contribution in [0.25, 0.3) is 0 Å². The van der Waals surface area contributed by atoms with E-state index in [1.165, 1.54) is 5.56 Å². The van der Waals surface area contributed by atoms with Crippen LogP contribution in [-0.4, -0.2) is 96.6 Å². The first-order chi connectivity index (χ1) is 15.4. The summed E-state index contributed by atoms with van der Waals surface area (Å²) in [7, 11) is 9.43. The standard InChI is InChI=1S/C24H43N5O3.HI/c1-18(2)14-20(28(4)5)16-26-24(25-3)27-17-21(29-10-12-32-13-11-29)19-8-9-22(30-6)23(15-19)31-7;/h8-9,15,18,20-21H,10-14,16-17H2,1-7H3,(H2,25,26,27);1H. The Labute approximate surface area is 217 Å². The molecule has 0 bridgehead atoms. The van der Waals surface area contributed by atoms with Gasteiger partial charge in [-0.3, -0.25) is 9.89 Å². The zero-order chi connectivity index (χ0) is 23.5. The SMILES string of the molecule is CN=C(NCC(CC(C)C)N(C)C)NCC(c1ccc(OC)c(OC)c1)N1CCOCC1.I. The number of methoxy groups -OCH3 is 2. The minimum absolute atomic E-state index is 0. The zero-order valence-corrected chi connectivity index (χ0v) is 23.7. The molecule has 1 aliphatic heterocycles. The Morgan fingerprint density at radius 3 is 2.27 bits per heavy atom. The second-order valence-corrected chi connectivity index (χ2v) is 8.86. The van der Waals surface area contributed by atoms with Crippen molar-refractivity contribution in [1.82, 2.24) is 20.4 Å². The fourth-order valence-corrected chi connectivity index (χ4v) is 4.06. The topological polar surface area (TPSA) is 70.6 Å². The van der Waals surface area contributed by atoms with E-state index in [-0.39, 0.29) is 30.0 Å². The van der Waals surface area contributed by atoms with E-state index in [2.05, 4.69) is 65.5 Å². The molecular formula is C24H44IN5O3. The summed E-state index contributed by atoms with van der Waals surface area (Å²) in [6.45, 7) is 9.38. The van der Waals surface area contributed by atoms with E-state index < -0.39 is 0 Å². The number of likely N-dealkylation sites (N-methyl/N-ethyl adjacent to an activating group) is 1. The fraction of sp³-hybridized carbons (Fsp3) is 0.708. The van der Waals surface area contributed by atoms with Crippen LogP contribution in [0.5, 0.6) is 11.5 Å². The Balaban J connectivity index is 0.00000544. The molecule has 2 rings (SSSR count). The van der Waals surface area contributed by atoms with E-state index in [1.54, 1.807) is 14.2 Å². The average Bonchev–Trinajstić information content (AvgIpc) is 2.80. The predicted octanol–water partition coefficient (Wildman–Crippen LogP) is 2.84. The van der Waals surface area contributed by atoms with Crippen LogP contribution in [0.4, 0.5) is 0 Å². The summed E-state index contributed by atoms with van der Waals surface area (Å²) in [6.07, 6.45) is 1.14. The minimum atomic E-state index is 0. The number of ether oxygens (including phenoxy) is 3. The number of benzene rings is 1. The number of rotatable bonds is 11. The van der Waals surface area contributed by atoms with E-state index in [1.807, 2.05) is 13.1 Å². The minimum Gasteiger partial charge on any atom is -0.493 e. The average molecular weight is 578 g/mol. The van der Waals surface area contributed by atoms with Gasteiger partial charge >= 0.3 is 0 Å². The molecule has 0 spiro atoms. The van der Waals surface area contributed by atoms with Crippen LogP contribution in [0.3, 0.4) is 0 Å². The van der Waals surface area contributed by atoms with Crippen LogP contribution in [0, 0.1) is 5.92 Å². The first-order valence-electron chi connectivity index (χ1n) is 11.5. The molecule has 1 aromatic carbocycles. The Morgan fingerprint density at radius 1 is 1.09 bits per heavy atom. The van der Waals surface area contributed by atoms with Crippen molar-refractivity contribution in [3.05, 3.63) is 23.8 Å². The van der Waals surface area contributed by atoms with Crippen molar-refractivity contribution in [2.75, 3.05) is 74.8 Å². The summed E-state index contributed by atoms with van der Waals surface area (Å²) < 4.78 is 16.6. The second kappa shape index (κ2) is 15.6. The molecule has 0 radical (unpaired) electrons. The molecule has 1 saturated heterocycles. The maximum absolute atomic E-state index is 5.59. The van der Waals surface area contributed by atoms with Crippen molar-refractivity contribution in [3.8, 4) is 11.5 Å². The maximum Gasteiger partial charge on any atom is 0.191 e. The van der Waals surface area contributed by atoms with E-state index in [9.17, 15) is 0 Å². The Morgan fingerprint density at radius 2 is 1.73 bits per heavy atom. The fourth-order valence-electron chi connectivity index (χ4n) is 4.06. The van der Waals surface area contributed by atoms with Crippen molar-refractivity contribution in [2.45, 2.75) is 32.4 Å². The third-order valence-corrected chi connectivity index (χ3v) is 5.94. The molecule has 1 heterocycles. The van der Waals surface area contributed by atoms with Crippen molar-refractivity contribution >= 4 is 29.9 Å². The Hall–Kier alpha value is -1.30. The third-order valence-electron chi connectivity index (χ3n) is 5.94. The molecule has 2 unspecified atom stereocenters. The molecule has 0 amide bonds. The number of nitrogens with zero attached hydrogens (tertiary/aromatic N) is 3. The van der Waals surface area contributed by atoms with Gasteiger partial charge in [0.1, 0.15) is 0 Å². The van der Waals surface area contributed by atoms with Crippen LogP contribution in [0.15, 0.2) is 23.2 Å². The molecular weight excluding hydrogens is 533 g/mol. The molecule has 2 atom stereocenters. The van der Waals surface area contributed by atoms with Crippen LogP contribution in [0.1, 0.15) is 31.9 Å². The first kappa shape index (κ1) is 29.7. The van der Waals surface area contributed by atoms with E-state index >= 15 is 0 Å². The van der Waals surface area contributed by atoms with E-state index in [4.69, 9.17) is 14.2 Å². The smallest absolute Gasteiger partial charge is 0.191 e. The highest BCUT2D eigenvalue weighted by Crippen LogP contribution is 2.32. The van der Waals surface area contributed by atoms with Gasteiger partial charge in [0.15, 0.2) is 17.5 Å². The molecule has 0 aliphatic carbocycles. The molecule has 0 saturated carbocycles. The number of hydrogen-bond acceptors (Lipinski definition) is 6. The van der Waals surface area contributed by atoms with Crippen LogP contribution >= 0.6 is 24.0 Å². The molecule has 9 heteroatoms. The van der Waals surface area contributed by atoms with Gasteiger partial charge < -0.3 is 29.7 Å². The molecule has 190 valence electrons. The lowest BCUT2D eigenvalue weighted by Crippen LogP contribution is -2.48. The molecule has 0 aromatic heterocycles. The lowest BCUT2D eigenvalue weighted by molar-refractivity contribution is 0.0169. The maximum atomic E-state index is 5.59. The number of guanidine groups is 1. The van der Waals surface area contributed by atoms with Crippen LogP contribution in [0.2, 0.25) is 0 Å². The van der Waals surface area contributed by atoms with Crippen molar-refractivity contribution in [2.24, 2.45) is 10.9 Å². The highest BCUT2D eigenvalue weighted by atomic mass is 127. The van der Waals surface area contributed by atoms with Gasteiger partial charge in [-0.1, -0.05) is 19.9 Å². The van der Waals surface area contributed by atoms with Crippen LogP contribution in [-0.2, 0) is 4.74 Å². The second-order valence-electron chi connectivity index (χ2n) is 8.86.